The molecule has 5 rings (SSSR count). The molecule has 1 aromatic heterocycles. The predicted octanol–water partition coefficient (Wildman–Crippen LogP) is 0.898. The Hall–Kier alpha value is -1.47. The Morgan fingerprint density at radius 2 is 1.79 bits per heavy atom. The van der Waals surface area contributed by atoms with Crippen LogP contribution >= 0.6 is 0 Å². The van der Waals surface area contributed by atoms with Crippen LogP contribution in [-0.2, 0) is 0 Å². The summed E-state index contributed by atoms with van der Waals surface area (Å²) >= 11 is 0. The molecule has 0 N–H and O–H groups in total. The maximum Gasteiger partial charge on any atom is 0.227 e. The van der Waals surface area contributed by atoms with Crippen molar-refractivity contribution >= 4 is 11.8 Å². The third-order valence-electron chi connectivity index (χ3n) is 5.82. The van der Waals surface area contributed by atoms with Crippen LogP contribution < -0.4 is 9.80 Å². The molecule has 4 aliphatic heterocycles. The summed E-state index contributed by atoms with van der Waals surface area (Å²) in [6.45, 7) is 7.75. The fraction of sp³-hybridized carbons (Fsp3) is 0.765. The maximum absolute atomic E-state index is 13.8. The van der Waals surface area contributed by atoms with Gasteiger partial charge in [0.05, 0.1) is 6.20 Å². The third-order valence-corrected chi connectivity index (χ3v) is 5.82. The molecule has 7 heteroatoms. The second kappa shape index (κ2) is 6.44. The average Bonchev–Trinajstić information content (AvgIpc) is 2.63. The van der Waals surface area contributed by atoms with E-state index in [1.165, 1.54) is 38.7 Å². The van der Waals surface area contributed by atoms with Gasteiger partial charge in [0.15, 0.2) is 11.6 Å². The number of hydrogen-bond acceptors (Lipinski definition) is 6. The van der Waals surface area contributed by atoms with Crippen LogP contribution in [0.1, 0.15) is 12.8 Å². The number of nitrogens with zero attached hydrogens (tertiary/aromatic N) is 6. The number of piperidine rings is 3. The molecule has 1 unspecified atom stereocenters. The van der Waals surface area contributed by atoms with Crippen molar-refractivity contribution in [3.63, 3.8) is 0 Å². The Balaban J connectivity index is 1.40. The highest BCUT2D eigenvalue weighted by molar-refractivity contribution is 5.44. The number of anilines is 2. The van der Waals surface area contributed by atoms with E-state index in [1.807, 2.05) is 0 Å². The van der Waals surface area contributed by atoms with Crippen LogP contribution in [0.5, 0.6) is 0 Å². The highest BCUT2D eigenvalue weighted by Gasteiger charge is 2.38. The lowest BCUT2D eigenvalue weighted by molar-refractivity contribution is 0.00300. The summed E-state index contributed by atoms with van der Waals surface area (Å²) in [6.07, 6.45) is 4.01. The topological polar surface area (TPSA) is 38.7 Å². The Bertz CT molecular complexity index is 578. The monoisotopic (exact) mass is 334 g/mol. The van der Waals surface area contributed by atoms with Crippen LogP contribution in [0, 0.1) is 11.7 Å². The van der Waals surface area contributed by atoms with Gasteiger partial charge in [0, 0.05) is 52.9 Å². The van der Waals surface area contributed by atoms with E-state index in [0.29, 0.717) is 11.8 Å². The molecule has 4 fully saturated rings. The number of fused-ring (bicyclic) bond motifs is 3. The van der Waals surface area contributed by atoms with Gasteiger partial charge >= 0.3 is 0 Å². The highest BCUT2D eigenvalue weighted by Crippen LogP contribution is 2.31. The molecule has 0 saturated carbocycles. The third kappa shape index (κ3) is 2.95. The maximum atomic E-state index is 13.8. The fourth-order valence-corrected chi connectivity index (χ4v) is 4.42. The minimum atomic E-state index is -0.366. The van der Waals surface area contributed by atoms with Crippen molar-refractivity contribution in [2.24, 2.45) is 5.92 Å². The minimum absolute atomic E-state index is 0.361. The Morgan fingerprint density at radius 1 is 1.08 bits per heavy atom. The molecular formula is C17H27FN6. The molecule has 6 nitrogen and oxygen atoms in total. The fourth-order valence-electron chi connectivity index (χ4n) is 4.42. The zero-order chi connectivity index (χ0) is 16.7. The number of rotatable bonds is 3. The summed E-state index contributed by atoms with van der Waals surface area (Å²) in [6, 6.07) is 0.723. The van der Waals surface area contributed by atoms with Crippen LogP contribution in [-0.4, -0.2) is 85.7 Å². The Kier molecular flexibility index (Phi) is 4.30. The number of piperazine rings is 1. The first-order chi connectivity index (χ1) is 11.6. The van der Waals surface area contributed by atoms with Gasteiger partial charge in [-0.25, -0.2) is 9.37 Å². The predicted molar refractivity (Wildman–Crippen MR) is 93.1 cm³/mol. The van der Waals surface area contributed by atoms with Crippen LogP contribution in [0.25, 0.3) is 0 Å². The highest BCUT2D eigenvalue weighted by atomic mass is 19.1. The summed E-state index contributed by atoms with van der Waals surface area (Å²) in [4.78, 5) is 17.8. The van der Waals surface area contributed by atoms with E-state index in [1.54, 1.807) is 19.0 Å². The van der Waals surface area contributed by atoms with Gasteiger partial charge in [-0.05, 0) is 31.8 Å². The largest absolute Gasteiger partial charge is 0.360 e. The molecule has 4 saturated heterocycles. The first-order valence-electron chi connectivity index (χ1n) is 9.03. The summed E-state index contributed by atoms with van der Waals surface area (Å²) in [7, 11) is 3.61. The first kappa shape index (κ1) is 16.0. The van der Waals surface area contributed by atoms with Gasteiger partial charge in [-0.3, -0.25) is 4.90 Å². The van der Waals surface area contributed by atoms with Gasteiger partial charge in [-0.1, -0.05) is 0 Å². The second-order valence-electron chi connectivity index (χ2n) is 7.46. The Labute approximate surface area is 143 Å². The molecule has 0 spiro atoms. The van der Waals surface area contributed by atoms with Gasteiger partial charge in [-0.2, -0.15) is 4.98 Å². The molecule has 0 aromatic carbocycles. The number of halogens is 1. The molecule has 132 valence electrons. The van der Waals surface area contributed by atoms with Crippen LogP contribution in [0.3, 0.4) is 0 Å². The average molecular weight is 334 g/mol. The van der Waals surface area contributed by atoms with Crippen molar-refractivity contribution in [3.05, 3.63) is 12.0 Å². The molecule has 5 heterocycles. The minimum Gasteiger partial charge on any atom is -0.360 e. The lowest BCUT2D eigenvalue weighted by Crippen LogP contribution is -2.61. The van der Waals surface area contributed by atoms with Crippen molar-refractivity contribution in [2.75, 3.05) is 69.7 Å². The molecule has 0 amide bonds. The van der Waals surface area contributed by atoms with Gasteiger partial charge in [0.2, 0.25) is 5.95 Å². The zero-order valence-electron chi connectivity index (χ0n) is 14.7. The van der Waals surface area contributed by atoms with E-state index in [9.17, 15) is 4.39 Å². The van der Waals surface area contributed by atoms with Crippen molar-refractivity contribution < 1.29 is 4.39 Å². The zero-order valence-corrected chi connectivity index (χ0v) is 14.7. The molecule has 2 bridgehead atoms. The number of hydrogen-bond donors (Lipinski definition) is 0. The first-order valence-corrected chi connectivity index (χ1v) is 9.03. The normalized spacial score (nSPS) is 30.6. The van der Waals surface area contributed by atoms with Crippen LogP contribution in [0.4, 0.5) is 16.2 Å². The summed E-state index contributed by atoms with van der Waals surface area (Å²) in [5.74, 6) is 1.52. The van der Waals surface area contributed by atoms with E-state index < -0.39 is 0 Å². The van der Waals surface area contributed by atoms with Gasteiger partial charge in [0.25, 0.3) is 0 Å². The summed E-state index contributed by atoms with van der Waals surface area (Å²) in [5.41, 5.74) is 0. The van der Waals surface area contributed by atoms with E-state index in [0.717, 1.165) is 38.1 Å². The number of aromatic nitrogens is 2. The quantitative estimate of drug-likeness (QED) is 0.818. The van der Waals surface area contributed by atoms with E-state index in [2.05, 4.69) is 24.7 Å². The summed E-state index contributed by atoms with van der Waals surface area (Å²) < 4.78 is 13.8. The molecular weight excluding hydrogens is 307 g/mol. The van der Waals surface area contributed by atoms with Crippen molar-refractivity contribution in [1.29, 1.82) is 0 Å². The molecule has 24 heavy (non-hydrogen) atoms. The SMILES string of the molecule is CN(C)c1nc(N2CCN(C3CN4CCC3CC4)CC2)ncc1F. The molecule has 0 radical (unpaired) electrons. The molecule has 1 aromatic rings. The van der Waals surface area contributed by atoms with E-state index >= 15 is 0 Å². The van der Waals surface area contributed by atoms with Crippen molar-refractivity contribution in [3.8, 4) is 0 Å². The standard InChI is InChI=1S/C17H27FN6/c1-21(2)16-14(18)11-19-17(20-16)24-9-7-23(8-10-24)15-12-22-5-3-13(15)4-6-22/h11,13,15H,3-10,12H2,1-2H3. The van der Waals surface area contributed by atoms with Gasteiger partial charge in [-0.15, -0.1) is 0 Å². The van der Waals surface area contributed by atoms with Crippen LogP contribution in [0.15, 0.2) is 6.20 Å². The summed E-state index contributed by atoms with van der Waals surface area (Å²) in [5, 5.41) is 0. The lowest BCUT2D eigenvalue weighted by atomic mass is 9.83. The van der Waals surface area contributed by atoms with Gasteiger partial charge in [0.1, 0.15) is 0 Å². The van der Waals surface area contributed by atoms with E-state index in [4.69, 9.17) is 0 Å². The lowest BCUT2D eigenvalue weighted by Gasteiger charge is -2.51. The van der Waals surface area contributed by atoms with Crippen molar-refractivity contribution in [1.82, 2.24) is 19.8 Å². The molecule has 4 aliphatic rings. The smallest absolute Gasteiger partial charge is 0.227 e. The Morgan fingerprint density at radius 3 is 2.38 bits per heavy atom. The second-order valence-corrected chi connectivity index (χ2v) is 7.46. The van der Waals surface area contributed by atoms with Crippen LogP contribution in [0.2, 0.25) is 0 Å². The van der Waals surface area contributed by atoms with Crippen molar-refractivity contribution in [2.45, 2.75) is 18.9 Å². The van der Waals surface area contributed by atoms with E-state index in [-0.39, 0.29) is 5.82 Å². The molecule has 0 aliphatic carbocycles. The van der Waals surface area contributed by atoms with Gasteiger partial charge < -0.3 is 14.7 Å². The molecule has 1 atom stereocenters.